The van der Waals surface area contributed by atoms with Crippen LogP contribution in [0.15, 0.2) is 11.1 Å². The first-order valence-electron chi connectivity index (χ1n) is 6.36. The molecule has 0 saturated heterocycles. The van der Waals surface area contributed by atoms with Gasteiger partial charge in [0.15, 0.2) is 0 Å². The number of nitrogens with zero attached hydrogens (tertiary/aromatic N) is 2. The van der Waals surface area contributed by atoms with E-state index in [1.54, 1.807) is 4.68 Å². The van der Waals surface area contributed by atoms with E-state index < -0.39 is 9.05 Å². The number of hydrogen-bond donors (Lipinski definition) is 0. The molecule has 5 nitrogen and oxygen atoms in total. The van der Waals surface area contributed by atoms with E-state index in [9.17, 15) is 8.42 Å². The van der Waals surface area contributed by atoms with E-state index >= 15 is 0 Å². The minimum Gasteiger partial charge on any atom is -0.375 e. The third-order valence-corrected chi connectivity index (χ3v) is 4.19. The highest BCUT2D eigenvalue weighted by Crippen LogP contribution is 2.24. The van der Waals surface area contributed by atoms with Gasteiger partial charge in [0.1, 0.15) is 4.90 Å². The lowest BCUT2D eigenvalue weighted by atomic mass is 10.2. The topological polar surface area (TPSA) is 61.2 Å². The molecule has 110 valence electrons. The van der Waals surface area contributed by atoms with E-state index in [-0.39, 0.29) is 17.5 Å². The van der Waals surface area contributed by atoms with Crippen LogP contribution in [0.4, 0.5) is 0 Å². The molecule has 19 heavy (non-hydrogen) atoms. The average molecular weight is 309 g/mol. The summed E-state index contributed by atoms with van der Waals surface area (Å²) < 4.78 is 30.3. The van der Waals surface area contributed by atoms with Gasteiger partial charge in [-0.3, -0.25) is 4.68 Å². The molecule has 0 aromatic carbocycles. The highest BCUT2D eigenvalue weighted by Gasteiger charge is 2.23. The molecule has 0 N–H and O–H groups in total. The molecule has 1 aromatic heterocycles. The van der Waals surface area contributed by atoms with Crippen molar-refractivity contribution in [2.75, 3.05) is 6.61 Å². The van der Waals surface area contributed by atoms with Crippen molar-refractivity contribution in [1.29, 1.82) is 0 Å². The van der Waals surface area contributed by atoms with Gasteiger partial charge < -0.3 is 4.74 Å². The van der Waals surface area contributed by atoms with Crippen LogP contribution in [0, 0.1) is 5.92 Å². The second-order valence-corrected chi connectivity index (χ2v) is 7.54. The highest BCUT2D eigenvalue weighted by atomic mass is 35.7. The summed E-state index contributed by atoms with van der Waals surface area (Å²) in [6, 6.07) is 0.102. The Morgan fingerprint density at radius 1 is 1.42 bits per heavy atom. The second kappa shape index (κ2) is 6.72. The predicted molar refractivity (Wildman–Crippen MR) is 74.8 cm³/mol. The van der Waals surface area contributed by atoms with Gasteiger partial charge in [0.25, 0.3) is 9.05 Å². The molecule has 0 amide bonds. The Morgan fingerprint density at radius 2 is 2.05 bits per heavy atom. The summed E-state index contributed by atoms with van der Waals surface area (Å²) in [7, 11) is 1.63. The Hall–Kier alpha value is -0.590. The molecule has 7 heteroatoms. The van der Waals surface area contributed by atoms with Crippen LogP contribution in [0.3, 0.4) is 0 Å². The third-order valence-electron chi connectivity index (χ3n) is 2.82. The number of rotatable bonds is 7. The fraction of sp³-hybridized carbons (Fsp3) is 0.750. The molecule has 1 aromatic rings. The van der Waals surface area contributed by atoms with Gasteiger partial charge in [-0.1, -0.05) is 20.8 Å². The van der Waals surface area contributed by atoms with Crippen LogP contribution in [0.1, 0.15) is 45.9 Å². The van der Waals surface area contributed by atoms with Gasteiger partial charge in [0, 0.05) is 23.3 Å². The van der Waals surface area contributed by atoms with Gasteiger partial charge in [-0.15, -0.1) is 0 Å². The molecule has 0 bridgehead atoms. The fourth-order valence-corrected chi connectivity index (χ4v) is 2.65. The van der Waals surface area contributed by atoms with Crippen LogP contribution >= 0.6 is 10.7 Å². The van der Waals surface area contributed by atoms with Crippen molar-refractivity contribution < 1.29 is 13.2 Å². The normalized spacial score (nSPS) is 14.0. The molecule has 0 saturated carbocycles. The van der Waals surface area contributed by atoms with Crippen molar-refractivity contribution >= 4 is 19.7 Å². The highest BCUT2D eigenvalue weighted by molar-refractivity contribution is 8.13. The number of aromatic nitrogens is 2. The Balaban J connectivity index is 3.04. The molecule has 1 atom stereocenters. The monoisotopic (exact) mass is 308 g/mol. The second-order valence-electron chi connectivity index (χ2n) is 5.00. The van der Waals surface area contributed by atoms with Crippen LogP contribution in [0.25, 0.3) is 0 Å². The van der Waals surface area contributed by atoms with Crippen LogP contribution in [-0.2, 0) is 20.4 Å². The zero-order valence-corrected chi connectivity index (χ0v) is 13.3. The Labute approximate surface area is 119 Å². The van der Waals surface area contributed by atoms with E-state index in [0.29, 0.717) is 18.2 Å². The van der Waals surface area contributed by atoms with E-state index in [4.69, 9.17) is 15.4 Å². The first-order valence-corrected chi connectivity index (χ1v) is 8.67. The molecule has 1 rings (SSSR count). The summed E-state index contributed by atoms with van der Waals surface area (Å²) in [5, 5.41) is 4.12. The average Bonchev–Trinajstić information content (AvgIpc) is 2.71. The predicted octanol–water partition coefficient (Wildman–Crippen LogP) is 2.95. The van der Waals surface area contributed by atoms with Gasteiger partial charge >= 0.3 is 0 Å². The number of ether oxygens (including phenoxy) is 1. The summed E-state index contributed by atoms with van der Waals surface area (Å²) in [4.78, 5) is 0.0400. The molecule has 0 aliphatic heterocycles. The Kier molecular flexibility index (Phi) is 5.82. The Morgan fingerprint density at radius 3 is 2.53 bits per heavy atom. The lowest BCUT2D eigenvalue weighted by molar-refractivity contribution is 0.0893. The molecule has 1 heterocycles. The van der Waals surface area contributed by atoms with Gasteiger partial charge in [-0.05, 0) is 19.3 Å². The molecule has 0 radical (unpaired) electrons. The first kappa shape index (κ1) is 16.5. The van der Waals surface area contributed by atoms with Crippen LogP contribution in [0.5, 0.6) is 0 Å². The molecular weight excluding hydrogens is 288 g/mol. The van der Waals surface area contributed by atoms with Crippen LogP contribution in [0.2, 0.25) is 0 Å². The standard InChI is InChI=1S/C12H21ClN2O3S/c1-5-10(4)15-11(8-18-7-9(2)3)12(6-14-15)19(13,16)17/h6,9-10H,5,7-8H2,1-4H3/t10-/m0/s1. The Bertz CT molecular complexity index is 511. The van der Waals surface area contributed by atoms with E-state index in [1.807, 2.05) is 27.7 Å². The van der Waals surface area contributed by atoms with Crippen molar-refractivity contribution in [2.24, 2.45) is 5.92 Å². The molecule has 0 aliphatic carbocycles. The van der Waals surface area contributed by atoms with Crippen LogP contribution < -0.4 is 0 Å². The minimum atomic E-state index is -3.80. The maximum absolute atomic E-state index is 11.5. The summed E-state index contributed by atoms with van der Waals surface area (Å²) >= 11 is 0. The molecule has 0 aliphatic rings. The van der Waals surface area contributed by atoms with E-state index in [2.05, 4.69) is 5.10 Å². The quantitative estimate of drug-likeness (QED) is 0.727. The van der Waals surface area contributed by atoms with Crippen molar-refractivity contribution in [3.63, 3.8) is 0 Å². The smallest absolute Gasteiger partial charge is 0.264 e. The molecule has 0 fully saturated rings. The van der Waals surface area contributed by atoms with Gasteiger partial charge in [0.05, 0.1) is 18.5 Å². The number of hydrogen-bond acceptors (Lipinski definition) is 4. The van der Waals surface area contributed by atoms with Crippen molar-refractivity contribution in [3.05, 3.63) is 11.9 Å². The lowest BCUT2D eigenvalue weighted by Crippen LogP contribution is -2.13. The van der Waals surface area contributed by atoms with Gasteiger partial charge in [0.2, 0.25) is 0 Å². The maximum Gasteiger partial charge on any atom is 0.264 e. The van der Waals surface area contributed by atoms with Gasteiger partial charge in [-0.2, -0.15) is 5.10 Å². The van der Waals surface area contributed by atoms with E-state index in [0.717, 1.165) is 6.42 Å². The molecule has 0 unspecified atom stereocenters. The summed E-state index contributed by atoms with van der Waals surface area (Å²) in [6.45, 7) is 8.82. The van der Waals surface area contributed by atoms with E-state index in [1.165, 1.54) is 6.20 Å². The lowest BCUT2D eigenvalue weighted by Gasteiger charge is -2.15. The van der Waals surface area contributed by atoms with Gasteiger partial charge in [-0.25, -0.2) is 8.42 Å². The zero-order chi connectivity index (χ0) is 14.6. The first-order chi connectivity index (χ1) is 8.77. The zero-order valence-electron chi connectivity index (χ0n) is 11.8. The minimum absolute atomic E-state index is 0.0400. The molecule has 0 spiro atoms. The van der Waals surface area contributed by atoms with Crippen LogP contribution in [-0.4, -0.2) is 24.8 Å². The summed E-state index contributed by atoms with van der Waals surface area (Å²) in [5.41, 5.74) is 0.519. The largest absolute Gasteiger partial charge is 0.375 e. The maximum atomic E-state index is 11.5. The van der Waals surface area contributed by atoms with Crippen molar-refractivity contribution in [2.45, 2.75) is 51.7 Å². The van der Waals surface area contributed by atoms with Crippen molar-refractivity contribution in [1.82, 2.24) is 9.78 Å². The van der Waals surface area contributed by atoms with Crippen molar-refractivity contribution in [3.8, 4) is 0 Å². The molecular formula is C12H21ClN2O3S. The summed E-state index contributed by atoms with van der Waals surface area (Å²) in [6.07, 6.45) is 2.14. The SMILES string of the molecule is CC[C@H](C)n1ncc(S(=O)(=O)Cl)c1COCC(C)C. The fourth-order valence-electron chi connectivity index (χ4n) is 1.66. The third kappa shape index (κ3) is 4.47. The number of halogens is 1. The summed E-state index contributed by atoms with van der Waals surface area (Å²) in [5.74, 6) is 0.385.